The Hall–Kier alpha value is -1.42. The van der Waals surface area contributed by atoms with Crippen molar-refractivity contribution < 1.29 is 4.79 Å². The maximum atomic E-state index is 11.5. The number of hydrogen-bond donors (Lipinski definition) is 1. The highest BCUT2D eigenvalue weighted by Crippen LogP contribution is 2.17. The summed E-state index contributed by atoms with van der Waals surface area (Å²) in [7, 11) is 0. The minimum absolute atomic E-state index is 0.0587. The first kappa shape index (κ1) is 12.0. The Morgan fingerprint density at radius 2 is 2.00 bits per heavy atom. The van der Waals surface area contributed by atoms with Crippen molar-refractivity contribution in [3.8, 4) is 0 Å². The Kier molecular flexibility index (Phi) is 3.43. The number of rotatable bonds is 3. The van der Waals surface area contributed by atoms with Crippen LogP contribution in [0.15, 0.2) is 28.7 Å². The molecule has 4 heteroatoms. The zero-order chi connectivity index (χ0) is 12.4. The Bertz CT molecular complexity index is 543. The van der Waals surface area contributed by atoms with Gasteiger partial charge in [-0.05, 0) is 31.5 Å². The second-order valence-corrected chi connectivity index (χ2v) is 4.95. The molecule has 1 heterocycles. The molecule has 0 radical (unpaired) electrons. The van der Waals surface area contributed by atoms with Crippen molar-refractivity contribution in [1.29, 1.82) is 0 Å². The lowest BCUT2D eigenvalue weighted by atomic mass is 10.0. The average Bonchev–Trinajstić information content (AvgIpc) is 2.63. The highest BCUT2D eigenvalue weighted by atomic mass is 79.9. The minimum Gasteiger partial charge on any atom is -0.294 e. The summed E-state index contributed by atoms with van der Waals surface area (Å²) in [4.78, 5) is 11.5. The van der Waals surface area contributed by atoms with Crippen molar-refractivity contribution in [1.82, 2.24) is 10.2 Å². The first-order valence-corrected chi connectivity index (χ1v) is 6.16. The zero-order valence-electron chi connectivity index (χ0n) is 9.75. The third kappa shape index (κ3) is 2.64. The topological polar surface area (TPSA) is 45.8 Å². The van der Waals surface area contributed by atoms with E-state index in [1.54, 1.807) is 6.92 Å². The van der Waals surface area contributed by atoms with Gasteiger partial charge in [0.15, 0.2) is 5.78 Å². The van der Waals surface area contributed by atoms with E-state index in [-0.39, 0.29) is 5.78 Å². The highest BCUT2D eigenvalue weighted by molar-refractivity contribution is 9.10. The van der Waals surface area contributed by atoms with Gasteiger partial charge in [0.2, 0.25) is 0 Å². The molecule has 0 atom stereocenters. The first-order chi connectivity index (χ1) is 8.08. The number of hydrogen-bond acceptors (Lipinski definition) is 2. The maximum Gasteiger partial charge on any atom is 0.163 e. The molecule has 1 N–H and O–H groups in total. The largest absolute Gasteiger partial charge is 0.294 e. The molecule has 0 unspecified atom stereocenters. The molecule has 0 aliphatic rings. The van der Waals surface area contributed by atoms with Gasteiger partial charge < -0.3 is 0 Å². The maximum absolute atomic E-state index is 11.5. The number of carbonyl (C=O) groups is 1. The molecular formula is C13H13BrN2O. The standard InChI is InChI=1S/C13H13BrN2O/c1-8-13(9(2)17)12(16-15-8)7-10-3-5-11(14)6-4-10/h3-6H,7H2,1-2H3,(H,15,16). The van der Waals surface area contributed by atoms with Gasteiger partial charge in [0.1, 0.15) is 0 Å². The minimum atomic E-state index is 0.0587. The van der Waals surface area contributed by atoms with E-state index < -0.39 is 0 Å². The number of nitrogens with zero attached hydrogens (tertiary/aromatic N) is 1. The van der Waals surface area contributed by atoms with E-state index >= 15 is 0 Å². The Morgan fingerprint density at radius 3 is 2.59 bits per heavy atom. The quantitative estimate of drug-likeness (QED) is 0.883. The number of aryl methyl sites for hydroxylation is 1. The third-order valence-corrected chi connectivity index (χ3v) is 3.19. The Morgan fingerprint density at radius 1 is 1.35 bits per heavy atom. The third-order valence-electron chi connectivity index (χ3n) is 2.66. The lowest BCUT2D eigenvalue weighted by Gasteiger charge is -2.01. The number of carbonyl (C=O) groups excluding carboxylic acids is 1. The average molecular weight is 293 g/mol. The number of benzene rings is 1. The number of aromatic amines is 1. The van der Waals surface area contributed by atoms with Gasteiger partial charge >= 0.3 is 0 Å². The monoisotopic (exact) mass is 292 g/mol. The van der Waals surface area contributed by atoms with Gasteiger partial charge in [-0.3, -0.25) is 9.89 Å². The van der Waals surface area contributed by atoms with Crippen LogP contribution in [0.5, 0.6) is 0 Å². The first-order valence-electron chi connectivity index (χ1n) is 5.37. The highest BCUT2D eigenvalue weighted by Gasteiger charge is 2.14. The van der Waals surface area contributed by atoms with Crippen molar-refractivity contribution in [3.63, 3.8) is 0 Å². The molecule has 1 aromatic carbocycles. The summed E-state index contributed by atoms with van der Waals surface area (Å²) >= 11 is 3.40. The molecule has 1 aromatic heterocycles. The smallest absolute Gasteiger partial charge is 0.163 e. The van der Waals surface area contributed by atoms with Crippen LogP contribution in [-0.4, -0.2) is 16.0 Å². The number of nitrogens with one attached hydrogen (secondary N) is 1. The Labute approximate surface area is 108 Å². The molecule has 2 rings (SSSR count). The van der Waals surface area contributed by atoms with E-state index in [1.807, 2.05) is 31.2 Å². The molecule has 3 nitrogen and oxygen atoms in total. The summed E-state index contributed by atoms with van der Waals surface area (Å²) < 4.78 is 1.05. The zero-order valence-corrected chi connectivity index (χ0v) is 11.3. The van der Waals surface area contributed by atoms with Gasteiger partial charge in [0, 0.05) is 16.6 Å². The van der Waals surface area contributed by atoms with Crippen LogP contribution in [0.4, 0.5) is 0 Å². The lowest BCUT2D eigenvalue weighted by Crippen LogP contribution is -2.00. The summed E-state index contributed by atoms with van der Waals surface area (Å²) in [5.41, 5.74) is 3.51. The normalized spacial score (nSPS) is 10.5. The fraction of sp³-hybridized carbons (Fsp3) is 0.231. The van der Waals surface area contributed by atoms with Crippen LogP contribution in [0, 0.1) is 6.92 Å². The molecule has 0 saturated heterocycles. The van der Waals surface area contributed by atoms with Crippen molar-refractivity contribution in [2.45, 2.75) is 20.3 Å². The summed E-state index contributed by atoms with van der Waals surface area (Å²) in [6.45, 7) is 3.44. The molecule has 88 valence electrons. The van der Waals surface area contributed by atoms with Crippen molar-refractivity contribution in [2.75, 3.05) is 0 Å². The molecule has 17 heavy (non-hydrogen) atoms. The second-order valence-electron chi connectivity index (χ2n) is 4.03. The predicted octanol–water partition coefficient (Wildman–Crippen LogP) is 3.27. The van der Waals surface area contributed by atoms with E-state index in [4.69, 9.17) is 0 Å². The van der Waals surface area contributed by atoms with Crippen LogP contribution in [0.25, 0.3) is 0 Å². The van der Waals surface area contributed by atoms with Crippen LogP contribution < -0.4 is 0 Å². The van der Waals surface area contributed by atoms with Gasteiger partial charge in [-0.25, -0.2) is 0 Å². The summed E-state index contributed by atoms with van der Waals surface area (Å²) in [6.07, 6.45) is 0.673. The van der Waals surface area contributed by atoms with E-state index in [9.17, 15) is 4.79 Å². The van der Waals surface area contributed by atoms with Gasteiger partial charge in [-0.15, -0.1) is 0 Å². The number of Topliss-reactive ketones (excluding diaryl/α,β-unsaturated/α-hetero) is 1. The van der Waals surface area contributed by atoms with E-state index in [0.29, 0.717) is 12.0 Å². The molecule has 0 spiro atoms. The van der Waals surface area contributed by atoms with Crippen molar-refractivity contribution >= 4 is 21.7 Å². The summed E-state index contributed by atoms with van der Waals surface area (Å²) in [6, 6.07) is 8.03. The summed E-state index contributed by atoms with van der Waals surface area (Å²) in [5.74, 6) is 0.0587. The molecule has 0 aliphatic carbocycles. The van der Waals surface area contributed by atoms with Gasteiger partial charge in [-0.1, -0.05) is 28.1 Å². The lowest BCUT2D eigenvalue weighted by molar-refractivity contribution is 0.101. The van der Waals surface area contributed by atoms with Gasteiger partial charge in [-0.2, -0.15) is 5.10 Å². The summed E-state index contributed by atoms with van der Waals surface area (Å²) in [5, 5.41) is 7.07. The molecule has 0 fully saturated rings. The molecule has 0 saturated carbocycles. The molecule has 0 aliphatic heterocycles. The van der Waals surface area contributed by atoms with E-state index in [2.05, 4.69) is 26.1 Å². The van der Waals surface area contributed by atoms with Crippen LogP contribution in [-0.2, 0) is 6.42 Å². The van der Waals surface area contributed by atoms with Crippen molar-refractivity contribution in [3.05, 3.63) is 51.3 Å². The number of halogens is 1. The van der Waals surface area contributed by atoms with Gasteiger partial charge in [0.25, 0.3) is 0 Å². The predicted molar refractivity (Wildman–Crippen MR) is 70.3 cm³/mol. The van der Waals surface area contributed by atoms with E-state index in [1.165, 1.54) is 0 Å². The Balaban J connectivity index is 2.30. The van der Waals surface area contributed by atoms with Gasteiger partial charge in [0.05, 0.1) is 11.3 Å². The van der Waals surface area contributed by atoms with Crippen LogP contribution in [0.1, 0.15) is 34.2 Å². The molecule has 0 bridgehead atoms. The molecule has 0 amide bonds. The fourth-order valence-electron chi connectivity index (χ4n) is 1.87. The SMILES string of the molecule is CC(=O)c1c(Cc2ccc(Br)cc2)n[nH]c1C. The van der Waals surface area contributed by atoms with Crippen LogP contribution in [0.3, 0.4) is 0 Å². The van der Waals surface area contributed by atoms with Crippen molar-refractivity contribution in [2.24, 2.45) is 0 Å². The number of ketones is 1. The van der Waals surface area contributed by atoms with E-state index in [0.717, 1.165) is 21.4 Å². The number of H-pyrrole nitrogens is 1. The van der Waals surface area contributed by atoms with Crippen LogP contribution in [0.2, 0.25) is 0 Å². The fourth-order valence-corrected chi connectivity index (χ4v) is 2.13. The number of aromatic nitrogens is 2. The van der Waals surface area contributed by atoms with Crippen LogP contribution >= 0.6 is 15.9 Å². The second kappa shape index (κ2) is 4.84. The molecular weight excluding hydrogens is 280 g/mol. The molecule has 2 aromatic rings.